The first-order valence-corrected chi connectivity index (χ1v) is 4.03. The van der Waals surface area contributed by atoms with Gasteiger partial charge in [0, 0.05) is 0 Å². The van der Waals surface area contributed by atoms with Crippen LogP contribution in [0.2, 0.25) is 0 Å². The van der Waals surface area contributed by atoms with Crippen molar-refractivity contribution in [1.82, 2.24) is 0 Å². The third-order valence-corrected chi connectivity index (χ3v) is 1.71. The van der Waals surface area contributed by atoms with E-state index < -0.39 is 11.9 Å². The van der Waals surface area contributed by atoms with Crippen LogP contribution in [0.3, 0.4) is 0 Å². The number of rotatable bonds is 3. The fourth-order valence-corrected chi connectivity index (χ4v) is 0.814. The second-order valence-electron chi connectivity index (χ2n) is 2.80. The molecule has 0 heterocycles. The second kappa shape index (κ2) is 4.03. The molecule has 1 aromatic rings. The van der Waals surface area contributed by atoms with Crippen LogP contribution in [0.25, 0.3) is 0 Å². The van der Waals surface area contributed by atoms with E-state index in [2.05, 4.69) is 0 Å². The molecule has 0 N–H and O–H groups in total. The maximum absolute atomic E-state index is 13.0. The van der Waals surface area contributed by atoms with E-state index in [1.54, 1.807) is 19.1 Å². The molecule has 0 radical (unpaired) electrons. The minimum Gasteiger partial charge on any atom is -0.480 e. The summed E-state index contributed by atoms with van der Waals surface area (Å²) in [5.74, 6) is -0.455. The molecule has 1 aromatic carbocycles. The van der Waals surface area contributed by atoms with Crippen LogP contribution >= 0.6 is 0 Å². The van der Waals surface area contributed by atoms with Gasteiger partial charge in [-0.15, -0.1) is 0 Å². The molecule has 0 bridgehead atoms. The van der Waals surface area contributed by atoms with Crippen LogP contribution in [-0.4, -0.2) is 11.9 Å². The molecule has 2 nitrogen and oxygen atoms in total. The van der Waals surface area contributed by atoms with Crippen molar-refractivity contribution in [3.63, 3.8) is 0 Å². The van der Waals surface area contributed by atoms with Gasteiger partial charge in [-0.2, -0.15) is 0 Å². The van der Waals surface area contributed by atoms with E-state index in [4.69, 9.17) is 4.74 Å². The first kappa shape index (κ1) is 9.71. The highest BCUT2D eigenvalue weighted by Gasteiger charge is 2.11. The largest absolute Gasteiger partial charge is 0.480 e. The summed E-state index contributed by atoms with van der Waals surface area (Å²) in [6.07, 6.45) is -0.600. The van der Waals surface area contributed by atoms with Crippen molar-refractivity contribution in [2.45, 2.75) is 20.0 Å². The Bertz CT molecular complexity index is 310. The molecule has 3 heteroatoms. The van der Waals surface area contributed by atoms with E-state index in [0.29, 0.717) is 0 Å². The van der Waals surface area contributed by atoms with Crippen molar-refractivity contribution < 1.29 is 13.9 Å². The number of para-hydroxylation sites is 1. The van der Waals surface area contributed by atoms with Gasteiger partial charge in [0.2, 0.25) is 0 Å². The van der Waals surface area contributed by atoms with Crippen LogP contribution in [-0.2, 0) is 4.79 Å². The van der Waals surface area contributed by atoms with Gasteiger partial charge in [0.15, 0.2) is 23.5 Å². The maximum atomic E-state index is 13.0. The molecule has 0 aliphatic heterocycles. The number of benzene rings is 1. The average molecular weight is 182 g/mol. The Balaban J connectivity index is 2.74. The van der Waals surface area contributed by atoms with Gasteiger partial charge in [-0.1, -0.05) is 12.1 Å². The van der Waals surface area contributed by atoms with Crippen molar-refractivity contribution in [3.05, 3.63) is 30.1 Å². The SMILES string of the molecule is CC(=O)[C@@H](C)Oc1ccccc1F. The highest BCUT2D eigenvalue weighted by Crippen LogP contribution is 2.16. The van der Waals surface area contributed by atoms with Gasteiger partial charge in [0.05, 0.1) is 0 Å². The molecule has 0 aromatic heterocycles. The molecule has 0 saturated heterocycles. The molecular weight excluding hydrogens is 171 g/mol. The Labute approximate surface area is 76.3 Å². The zero-order valence-corrected chi connectivity index (χ0v) is 7.58. The van der Waals surface area contributed by atoms with Crippen LogP contribution in [0, 0.1) is 5.82 Å². The highest BCUT2D eigenvalue weighted by atomic mass is 19.1. The number of ketones is 1. The van der Waals surface area contributed by atoms with E-state index in [0.717, 1.165) is 0 Å². The number of halogens is 1. The van der Waals surface area contributed by atoms with Crippen molar-refractivity contribution in [3.8, 4) is 5.75 Å². The maximum Gasteiger partial charge on any atom is 0.169 e. The Morgan fingerprint density at radius 1 is 1.46 bits per heavy atom. The molecule has 0 fully saturated rings. The monoisotopic (exact) mass is 182 g/mol. The molecule has 0 aliphatic rings. The lowest BCUT2D eigenvalue weighted by atomic mass is 10.3. The number of hydrogen-bond acceptors (Lipinski definition) is 2. The molecule has 0 aliphatic carbocycles. The van der Waals surface area contributed by atoms with Gasteiger partial charge in [-0.3, -0.25) is 4.79 Å². The smallest absolute Gasteiger partial charge is 0.169 e. The molecule has 1 atom stereocenters. The normalized spacial score (nSPS) is 12.2. The first-order valence-electron chi connectivity index (χ1n) is 4.03. The topological polar surface area (TPSA) is 26.3 Å². The zero-order valence-electron chi connectivity index (χ0n) is 7.58. The van der Waals surface area contributed by atoms with Crippen molar-refractivity contribution >= 4 is 5.78 Å². The minimum absolute atomic E-state index is 0.116. The number of ether oxygens (including phenoxy) is 1. The highest BCUT2D eigenvalue weighted by molar-refractivity contribution is 5.80. The van der Waals surface area contributed by atoms with Crippen LogP contribution in [0.4, 0.5) is 4.39 Å². The molecule has 0 saturated carbocycles. The molecule has 0 spiro atoms. The molecule has 1 rings (SSSR count). The van der Waals surface area contributed by atoms with Crippen molar-refractivity contribution in [2.24, 2.45) is 0 Å². The quantitative estimate of drug-likeness (QED) is 0.716. The summed E-state index contributed by atoms with van der Waals surface area (Å²) < 4.78 is 18.1. The summed E-state index contributed by atoms with van der Waals surface area (Å²) in [7, 11) is 0. The number of carbonyl (C=O) groups excluding carboxylic acids is 1. The molecule has 0 amide bonds. The summed E-state index contributed by atoms with van der Waals surface area (Å²) in [4.78, 5) is 10.8. The molecule has 13 heavy (non-hydrogen) atoms. The van der Waals surface area contributed by atoms with Crippen LogP contribution in [0.5, 0.6) is 5.75 Å². The van der Waals surface area contributed by atoms with Gasteiger partial charge in [-0.25, -0.2) is 4.39 Å². The summed E-state index contributed by atoms with van der Waals surface area (Å²) in [6.45, 7) is 3.00. The Kier molecular flexibility index (Phi) is 3.01. The van der Waals surface area contributed by atoms with Gasteiger partial charge in [0.1, 0.15) is 0 Å². The molecule has 70 valence electrons. The lowest BCUT2D eigenvalue weighted by Gasteiger charge is -2.11. The Hall–Kier alpha value is -1.38. The van der Waals surface area contributed by atoms with E-state index >= 15 is 0 Å². The summed E-state index contributed by atoms with van der Waals surface area (Å²) in [5, 5.41) is 0. The predicted octanol–water partition coefficient (Wildman–Crippen LogP) is 2.18. The molecule has 0 unspecified atom stereocenters. The predicted molar refractivity (Wildman–Crippen MR) is 47.2 cm³/mol. The minimum atomic E-state index is -0.600. The number of carbonyl (C=O) groups is 1. The first-order chi connectivity index (χ1) is 6.11. The summed E-state index contributed by atoms with van der Waals surface area (Å²) in [6, 6.07) is 6.02. The van der Waals surface area contributed by atoms with Crippen LogP contribution in [0.1, 0.15) is 13.8 Å². The van der Waals surface area contributed by atoms with Crippen LogP contribution in [0.15, 0.2) is 24.3 Å². The van der Waals surface area contributed by atoms with Crippen LogP contribution < -0.4 is 4.74 Å². The fourth-order valence-electron chi connectivity index (χ4n) is 0.814. The zero-order chi connectivity index (χ0) is 9.84. The number of Topliss-reactive ketones (excluding diaryl/α,β-unsaturated/α-hetero) is 1. The van der Waals surface area contributed by atoms with Gasteiger partial charge in [0.25, 0.3) is 0 Å². The lowest BCUT2D eigenvalue weighted by Crippen LogP contribution is -2.21. The Morgan fingerprint density at radius 2 is 2.08 bits per heavy atom. The molecular formula is C10H11FO2. The van der Waals surface area contributed by atoms with Gasteiger partial charge < -0.3 is 4.74 Å². The van der Waals surface area contributed by atoms with Crippen molar-refractivity contribution in [1.29, 1.82) is 0 Å². The third-order valence-electron chi connectivity index (χ3n) is 1.71. The van der Waals surface area contributed by atoms with E-state index in [1.165, 1.54) is 19.1 Å². The summed E-state index contributed by atoms with van der Waals surface area (Å²) in [5.41, 5.74) is 0. The van der Waals surface area contributed by atoms with Gasteiger partial charge >= 0.3 is 0 Å². The van der Waals surface area contributed by atoms with Gasteiger partial charge in [-0.05, 0) is 26.0 Å². The standard InChI is InChI=1S/C10H11FO2/c1-7(12)8(2)13-10-6-4-3-5-9(10)11/h3-6,8H,1-2H3/t8-/m1/s1. The van der Waals surface area contributed by atoms with E-state index in [1.807, 2.05) is 0 Å². The van der Waals surface area contributed by atoms with Crippen molar-refractivity contribution in [2.75, 3.05) is 0 Å². The van der Waals surface area contributed by atoms with E-state index in [9.17, 15) is 9.18 Å². The average Bonchev–Trinajstić information content (AvgIpc) is 2.08. The number of hydrogen-bond donors (Lipinski definition) is 0. The Morgan fingerprint density at radius 3 is 2.62 bits per heavy atom. The lowest BCUT2D eigenvalue weighted by molar-refractivity contribution is -0.122. The fraction of sp³-hybridized carbons (Fsp3) is 0.300. The third kappa shape index (κ3) is 2.54. The van der Waals surface area contributed by atoms with E-state index in [-0.39, 0.29) is 11.5 Å². The second-order valence-corrected chi connectivity index (χ2v) is 2.80. The summed E-state index contributed by atoms with van der Waals surface area (Å²) >= 11 is 0.